The van der Waals surface area contributed by atoms with Crippen molar-refractivity contribution in [2.75, 3.05) is 45.9 Å². The van der Waals surface area contributed by atoms with E-state index in [0.29, 0.717) is 12.6 Å². The predicted octanol–water partition coefficient (Wildman–Crippen LogP) is 2.58. The van der Waals surface area contributed by atoms with Crippen LogP contribution in [0.3, 0.4) is 0 Å². The third-order valence-corrected chi connectivity index (χ3v) is 4.53. The summed E-state index contributed by atoms with van der Waals surface area (Å²) < 4.78 is 5.14. The fraction of sp³-hybridized carbons (Fsp3) is 0.889. The summed E-state index contributed by atoms with van der Waals surface area (Å²) in [5, 5.41) is 3.38. The summed E-state index contributed by atoms with van der Waals surface area (Å²) in [5.74, 6) is 0.967. The molecule has 148 valence electrons. The Bertz CT molecular complexity index is 397. The zero-order valence-corrected chi connectivity index (χ0v) is 18.9. The van der Waals surface area contributed by atoms with E-state index in [-0.39, 0.29) is 35.9 Å². The van der Waals surface area contributed by atoms with Gasteiger partial charge in [0.15, 0.2) is 5.96 Å². The van der Waals surface area contributed by atoms with Gasteiger partial charge in [0.25, 0.3) is 0 Å². The van der Waals surface area contributed by atoms with Crippen LogP contribution in [0.1, 0.15) is 47.5 Å². The van der Waals surface area contributed by atoms with Crippen LogP contribution in [0.4, 0.5) is 0 Å². The number of nitrogens with zero attached hydrogens (tertiary/aromatic N) is 3. The molecule has 0 atom stereocenters. The van der Waals surface area contributed by atoms with Crippen LogP contribution < -0.4 is 5.32 Å². The van der Waals surface area contributed by atoms with E-state index in [2.05, 4.69) is 42.8 Å². The van der Waals surface area contributed by atoms with Gasteiger partial charge in [0.1, 0.15) is 0 Å². The molecule has 1 rings (SSSR count). The predicted molar refractivity (Wildman–Crippen MR) is 115 cm³/mol. The van der Waals surface area contributed by atoms with Gasteiger partial charge in [0, 0.05) is 32.2 Å². The number of rotatable bonds is 8. The summed E-state index contributed by atoms with van der Waals surface area (Å²) in [6.07, 6.45) is 1.69. The lowest BCUT2D eigenvalue weighted by molar-refractivity contribution is -0.149. The van der Waals surface area contributed by atoms with Crippen LogP contribution in [0, 0.1) is 5.92 Å². The maximum atomic E-state index is 11.9. The summed E-state index contributed by atoms with van der Waals surface area (Å²) in [6.45, 7) is 16.4. The summed E-state index contributed by atoms with van der Waals surface area (Å²) in [5.41, 5.74) is 0. The fourth-order valence-corrected chi connectivity index (χ4v) is 3.08. The number of aliphatic imine (C=N–C) groups is 1. The highest BCUT2D eigenvalue weighted by atomic mass is 127. The number of carbonyl (C=O) groups is 1. The minimum Gasteiger partial charge on any atom is -0.466 e. The second-order valence-electron chi connectivity index (χ2n) is 6.47. The molecule has 1 fully saturated rings. The lowest BCUT2D eigenvalue weighted by Crippen LogP contribution is -2.47. The largest absolute Gasteiger partial charge is 0.466 e. The molecule has 1 aliphatic heterocycles. The van der Waals surface area contributed by atoms with Crippen LogP contribution in [0.5, 0.6) is 0 Å². The van der Waals surface area contributed by atoms with Crippen LogP contribution in [-0.4, -0.2) is 73.6 Å². The molecule has 1 heterocycles. The number of ether oxygens (including phenoxy) is 1. The number of nitrogens with one attached hydrogen (secondary N) is 1. The van der Waals surface area contributed by atoms with E-state index in [0.717, 1.165) is 58.1 Å². The lowest BCUT2D eigenvalue weighted by atomic mass is 9.97. The molecule has 0 aliphatic carbocycles. The molecule has 0 aromatic carbocycles. The third kappa shape index (κ3) is 8.57. The maximum Gasteiger partial charge on any atom is 0.309 e. The highest BCUT2D eigenvalue weighted by Crippen LogP contribution is 2.18. The first-order chi connectivity index (χ1) is 11.5. The van der Waals surface area contributed by atoms with Gasteiger partial charge < -0.3 is 15.0 Å². The molecule has 0 aromatic rings. The van der Waals surface area contributed by atoms with Gasteiger partial charge in [-0.25, -0.2) is 0 Å². The molecule has 6 nitrogen and oxygen atoms in total. The average Bonchev–Trinajstić information content (AvgIpc) is 2.57. The van der Waals surface area contributed by atoms with Crippen molar-refractivity contribution >= 4 is 35.9 Å². The van der Waals surface area contributed by atoms with Crippen molar-refractivity contribution in [1.82, 2.24) is 15.1 Å². The minimum atomic E-state index is -0.0467. The zero-order valence-electron chi connectivity index (χ0n) is 16.6. The number of carbonyl (C=O) groups excluding carboxylic acids is 1. The SMILES string of the molecule is CCNC(=NCCN(CC)C(C)C)N1CCC(C(=O)OCC)CC1.I. The molecule has 0 spiro atoms. The second kappa shape index (κ2) is 13.6. The highest BCUT2D eigenvalue weighted by molar-refractivity contribution is 14.0. The van der Waals surface area contributed by atoms with Crippen LogP contribution in [0.15, 0.2) is 4.99 Å². The van der Waals surface area contributed by atoms with Gasteiger partial charge >= 0.3 is 5.97 Å². The summed E-state index contributed by atoms with van der Waals surface area (Å²) >= 11 is 0. The van der Waals surface area contributed by atoms with Gasteiger partial charge in [0.05, 0.1) is 19.1 Å². The van der Waals surface area contributed by atoms with Crippen LogP contribution in [0.25, 0.3) is 0 Å². The van der Waals surface area contributed by atoms with Crippen molar-refractivity contribution in [2.45, 2.75) is 53.5 Å². The van der Waals surface area contributed by atoms with Gasteiger partial charge in [-0.05, 0) is 47.1 Å². The Morgan fingerprint density at radius 3 is 2.40 bits per heavy atom. The first kappa shape index (κ1) is 24.4. The summed E-state index contributed by atoms with van der Waals surface area (Å²) in [4.78, 5) is 21.3. The molecule has 25 heavy (non-hydrogen) atoms. The first-order valence-corrected chi connectivity index (χ1v) is 9.47. The van der Waals surface area contributed by atoms with Crippen molar-refractivity contribution in [3.05, 3.63) is 0 Å². The van der Waals surface area contributed by atoms with Gasteiger partial charge in [-0.1, -0.05) is 6.92 Å². The molecule has 7 heteroatoms. The van der Waals surface area contributed by atoms with E-state index in [1.807, 2.05) is 6.92 Å². The van der Waals surface area contributed by atoms with E-state index in [4.69, 9.17) is 9.73 Å². The van der Waals surface area contributed by atoms with E-state index in [9.17, 15) is 4.79 Å². The van der Waals surface area contributed by atoms with Gasteiger partial charge in [-0.3, -0.25) is 14.7 Å². The number of piperidine rings is 1. The minimum absolute atomic E-state index is 0. The first-order valence-electron chi connectivity index (χ1n) is 9.47. The molecular weight excluding hydrogens is 431 g/mol. The number of hydrogen-bond donors (Lipinski definition) is 1. The van der Waals surface area contributed by atoms with Crippen LogP contribution in [0.2, 0.25) is 0 Å². The van der Waals surface area contributed by atoms with Crippen LogP contribution in [-0.2, 0) is 9.53 Å². The van der Waals surface area contributed by atoms with Crippen molar-refractivity contribution in [1.29, 1.82) is 0 Å². The van der Waals surface area contributed by atoms with Gasteiger partial charge in [0.2, 0.25) is 0 Å². The summed E-state index contributed by atoms with van der Waals surface area (Å²) in [6, 6.07) is 0.549. The smallest absolute Gasteiger partial charge is 0.309 e. The molecule has 0 bridgehead atoms. The Morgan fingerprint density at radius 2 is 1.92 bits per heavy atom. The van der Waals surface area contributed by atoms with E-state index >= 15 is 0 Å². The van der Waals surface area contributed by atoms with Crippen molar-refractivity contribution in [3.8, 4) is 0 Å². The zero-order chi connectivity index (χ0) is 17.9. The molecule has 1 saturated heterocycles. The number of guanidine groups is 1. The van der Waals surface area contributed by atoms with Crippen molar-refractivity contribution in [3.63, 3.8) is 0 Å². The van der Waals surface area contributed by atoms with Crippen molar-refractivity contribution < 1.29 is 9.53 Å². The van der Waals surface area contributed by atoms with E-state index in [1.165, 1.54) is 0 Å². The normalized spacial score (nSPS) is 16.1. The molecular formula is C18H37IN4O2. The quantitative estimate of drug-likeness (QED) is 0.257. The van der Waals surface area contributed by atoms with E-state index < -0.39 is 0 Å². The number of halogens is 1. The van der Waals surface area contributed by atoms with Gasteiger partial charge in [-0.2, -0.15) is 0 Å². The molecule has 1 N–H and O–H groups in total. The highest BCUT2D eigenvalue weighted by Gasteiger charge is 2.27. The monoisotopic (exact) mass is 468 g/mol. The average molecular weight is 468 g/mol. The molecule has 0 unspecified atom stereocenters. The van der Waals surface area contributed by atoms with Gasteiger partial charge in [-0.15, -0.1) is 24.0 Å². The maximum absolute atomic E-state index is 11.9. The van der Waals surface area contributed by atoms with Crippen LogP contribution >= 0.6 is 24.0 Å². The van der Waals surface area contributed by atoms with Crippen molar-refractivity contribution in [2.24, 2.45) is 10.9 Å². The Morgan fingerprint density at radius 1 is 1.28 bits per heavy atom. The Kier molecular flexibility index (Phi) is 13.3. The lowest BCUT2D eigenvalue weighted by Gasteiger charge is -2.33. The fourth-order valence-electron chi connectivity index (χ4n) is 3.08. The van der Waals surface area contributed by atoms with E-state index in [1.54, 1.807) is 0 Å². The number of likely N-dealkylation sites (tertiary alicyclic amines) is 1. The number of likely N-dealkylation sites (N-methyl/N-ethyl adjacent to an activating group) is 1. The molecule has 0 saturated carbocycles. The molecule has 0 aromatic heterocycles. The standard InChI is InChI=1S/C18H36N4O2.HI/c1-6-19-18(20-11-14-21(7-2)15(4)5)22-12-9-16(10-13-22)17(23)24-8-3;/h15-16H,6-14H2,1-5H3,(H,19,20);1H. The Hall–Kier alpha value is -0.570. The topological polar surface area (TPSA) is 57.2 Å². The Labute approximate surface area is 170 Å². The third-order valence-electron chi connectivity index (χ3n) is 4.53. The summed E-state index contributed by atoms with van der Waals surface area (Å²) in [7, 11) is 0. The second-order valence-corrected chi connectivity index (χ2v) is 6.47. The molecule has 0 amide bonds. The number of esters is 1. The Balaban J connectivity index is 0.00000576. The molecule has 1 aliphatic rings. The number of hydrogen-bond acceptors (Lipinski definition) is 4. The molecule has 0 radical (unpaired) electrons.